The molecule has 4 aliphatic heterocycles. The molecule has 6 heterocycles. The van der Waals surface area contributed by atoms with Crippen LogP contribution in [0.5, 0.6) is 0 Å². The number of nitrogens with zero attached hydrogens (tertiary/aromatic N) is 6. The molecule has 0 spiro atoms. The smallest absolute Gasteiger partial charge is 0.372 e. The van der Waals surface area contributed by atoms with Crippen molar-refractivity contribution in [2.45, 2.75) is 51.1 Å². The number of piperidine rings is 1. The number of allylic oxidation sites excluding steroid dienone is 1. The zero-order valence-electron chi connectivity index (χ0n) is 28.0. The summed E-state index contributed by atoms with van der Waals surface area (Å²) >= 11 is 0. The van der Waals surface area contributed by atoms with E-state index in [1.807, 2.05) is 73.7 Å². The first-order valence-electron chi connectivity index (χ1n) is 16.6. The lowest BCUT2D eigenvalue weighted by atomic mass is 9.98. The van der Waals surface area contributed by atoms with Crippen molar-refractivity contribution >= 4 is 29.2 Å². The molecule has 3 unspecified atom stereocenters. The molecular weight excluding hydrogens is 665 g/mol. The van der Waals surface area contributed by atoms with Crippen molar-refractivity contribution in [3.8, 4) is 5.69 Å². The Kier molecular flexibility index (Phi) is 10.6. The van der Waals surface area contributed by atoms with Crippen LogP contribution >= 0.6 is 0 Å². The largest absolute Gasteiger partial charge is 0.433 e. The summed E-state index contributed by atoms with van der Waals surface area (Å²) in [4.78, 5) is 48.5. The van der Waals surface area contributed by atoms with Gasteiger partial charge in [-0.25, -0.2) is 14.6 Å². The lowest BCUT2D eigenvalue weighted by Gasteiger charge is -2.47. The first-order chi connectivity index (χ1) is 24.5. The van der Waals surface area contributed by atoms with Gasteiger partial charge in [-0.05, 0) is 44.2 Å². The van der Waals surface area contributed by atoms with Crippen molar-refractivity contribution in [1.82, 2.24) is 30.0 Å². The third-order valence-corrected chi connectivity index (χ3v) is 8.73. The monoisotopic (exact) mass is 702 g/mol. The number of carbonyl (C=O) groups is 3. The number of fused-ring (bicyclic) bond motifs is 3. The number of amides is 3. The lowest BCUT2D eigenvalue weighted by Crippen LogP contribution is -2.57. The van der Waals surface area contributed by atoms with Crippen LogP contribution in [0.1, 0.15) is 42.1 Å². The number of alkyl halides is 3. The van der Waals surface area contributed by atoms with E-state index in [0.29, 0.717) is 37.2 Å². The molecule has 3 atom stereocenters. The number of rotatable bonds is 8. The van der Waals surface area contributed by atoms with E-state index in [-0.39, 0.29) is 12.3 Å². The quantitative estimate of drug-likeness (QED) is 0.258. The fraction of sp³-hybridized carbons (Fsp3) is 0.333. The Morgan fingerprint density at radius 3 is 2.31 bits per heavy atom. The summed E-state index contributed by atoms with van der Waals surface area (Å²) in [6, 6.07) is 18.5. The van der Waals surface area contributed by atoms with E-state index >= 15 is 0 Å². The van der Waals surface area contributed by atoms with Gasteiger partial charge in [-0.1, -0.05) is 42.5 Å². The molecule has 51 heavy (non-hydrogen) atoms. The van der Waals surface area contributed by atoms with Gasteiger partial charge in [0.1, 0.15) is 17.6 Å². The van der Waals surface area contributed by atoms with Crippen LogP contribution in [0.25, 0.3) is 5.69 Å². The molecule has 4 aliphatic rings. The van der Waals surface area contributed by atoms with E-state index in [4.69, 9.17) is 4.74 Å². The molecule has 2 N–H and O–H groups in total. The van der Waals surface area contributed by atoms with E-state index in [1.54, 1.807) is 17.8 Å². The van der Waals surface area contributed by atoms with Crippen LogP contribution in [0.2, 0.25) is 0 Å². The molecule has 4 aromatic rings. The van der Waals surface area contributed by atoms with Crippen LogP contribution in [0.4, 0.5) is 24.7 Å². The summed E-state index contributed by atoms with van der Waals surface area (Å²) in [6.45, 7) is 6.59. The number of benzene rings is 2. The average Bonchev–Trinajstić information content (AvgIpc) is 3.55. The Balaban J connectivity index is 0.000000193. The van der Waals surface area contributed by atoms with E-state index in [9.17, 15) is 27.6 Å². The number of hydrogen-bond donors (Lipinski definition) is 2. The van der Waals surface area contributed by atoms with Crippen molar-refractivity contribution in [3.63, 3.8) is 0 Å². The van der Waals surface area contributed by atoms with E-state index in [0.717, 1.165) is 41.8 Å². The predicted octanol–water partition coefficient (Wildman–Crippen LogP) is 4.43. The average molecular weight is 703 g/mol. The molecule has 15 heteroatoms. The Hall–Kier alpha value is -5.41. The van der Waals surface area contributed by atoms with Gasteiger partial charge in [-0.3, -0.25) is 24.2 Å². The first kappa shape index (κ1) is 35.4. The van der Waals surface area contributed by atoms with E-state index in [2.05, 4.69) is 30.6 Å². The molecule has 8 rings (SSSR count). The van der Waals surface area contributed by atoms with E-state index in [1.165, 1.54) is 11.3 Å². The van der Waals surface area contributed by atoms with Crippen LogP contribution in [0, 0.1) is 0 Å². The number of hydrogen-bond acceptors (Lipinski definition) is 8. The number of para-hydroxylation sites is 2. The number of carbonyl (C=O) groups excluding carboxylic acids is 3. The molecule has 3 saturated heterocycles. The molecule has 0 saturated carbocycles. The maximum Gasteiger partial charge on any atom is 0.433 e. The minimum Gasteiger partial charge on any atom is -0.372 e. The summed E-state index contributed by atoms with van der Waals surface area (Å²) < 4.78 is 45.9. The second-order valence-electron chi connectivity index (χ2n) is 12.3. The molecule has 2 aromatic heterocycles. The van der Waals surface area contributed by atoms with Gasteiger partial charge in [0.2, 0.25) is 5.82 Å². The molecule has 266 valence electrons. The standard InChI is InChI=1S/C20H17F3N6O2.C16H20N2O2/c1-2-28-18-12(11-25-29(18)13-6-4-3-5-7-13)10-14(19(28)31)26-17(30)16-24-9-8-15(27-16)20(21,22)23;1-2-12(9-18-10-14-8-15(11-18)20-14)16(19)17-13-6-4-3-5-7-13/h3-9,11,14H,2,10H2,1H3,(H,26,30);2-7,14-15H,8-11H2,1H3,(H,17,19)/b;12-2+. The van der Waals surface area contributed by atoms with Crippen molar-refractivity contribution in [2.75, 3.05) is 36.4 Å². The maximum absolute atomic E-state index is 13.0. The number of aromatic nitrogens is 4. The van der Waals surface area contributed by atoms with Gasteiger partial charge >= 0.3 is 6.18 Å². The predicted molar refractivity (Wildman–Crippen MR) is 182 cm³/mol. The number of anilines is 2. The van der Waals surface area contributed by atoms with Crippen LogP contribution < -0.4 is 15.5 Å². The van der Waals surface area contributed by atoms with E-state index < -0.39 is 35.6 Å². The van der Waals surface area contributed by atoms with Crippen molar-refractivity contribution < 1.29 is 32.3 Å². The SMILES string of the molecule is C/C=C(\CN1CC2CC(C1)O2)C(=O)Nc1ccccc1.CCN1C(=O)C(NC(=O)c2nccc(C(F)(F)F)n2)Cc2cnn(-c3ccccc3)c21. The molecule has 0 radical (unpaired) electrons. The third-order valence-electron chi connectivity index (χ3n) is 8.73. The van der Waals surface area contributed by atoms with Crippen molar-refractivity contribution in [2.24, 2.45) is 0 Å². The Bertz CT molecular complexity index is 1890. The number of morpholine rings is 1. The fourth-order valence-corrected chi connectivity index (χ4v) is 6.27. The Labute approximate surface area is 292 Å². The fourth-order valence-electron chi connectivity index (χ4n) is 6.27. The summed E-state index contributed by atoms with van der Waals surface area (Å²) in [6.07, 6.45) is 1.73. The number of ether oxygens (including phenoxy) is 1. The zero-order valence-corrected chi connectivity index (χ0v) is 28.0. The van der Waals surface area contributed by atoms with Gasteiger partial charge < -0.3 is 15.4 Å². The highest BCUT2D eigenvalue weighted by molar-refractivity contribution is 6.04. The topological polar surface area (TPSA) is 135 Å². The summed E-state index contributed by atoms with van der Waals surface area (Å²) in [5, 5.41) is 9.77. The Morgan fingerprint density at radius 1 is 1.02 bits per heavy atom. The van der Waals surface area contributed by atoms with Gasteiger partial charge in [-0.15, -0.1) is 0 Å². The summed E-state index contributed by atoms with van der Waals surface area (Å²) in [5.74, 6) is -1.43. The third kappa shape index (κ3) is 8.15. The molecule has 3 amide bonds. The number of likely N-dealkylation sites (N-methyl/N-ethyl adjacent to an activating group) is 1. The van der Waals surface area contributed by atoms with Gasteiger partial charge in [0.25, 0.3) is 17.7 Å². The van der Waals surface area contributed by atoms with Crippen molar-refractivity contribution in [3.05, 3.63) is 108 Å². The minimum absolute atomic E-state index is 0.0149. The summed E-state index contributed by atoms with van der Waals surface area (Å²) in [5.41, 5.74) is 1.91. The van der Waals surface area contributed by atoms with Crippen molar-refractivity contribution in [1.29, 1.82) is 0 Å². The van der Waals surface area contributed by atoms with Crippen LogP contribution in [0.15, 0.2) is 90.8 Å². The highest BCUT2D eigenvalue weighted by Crippen LogP contribution is 2.31. The molecule has 2 aromatic carbocycles. The molecule has 12 nitrogen and oxygen atoms in total. The first-order valence-corrected chi connectivity index (χ1v) is 16.6. The Morgan fingerprint density at radius 2 is 1.69 bits per heavy atom. The van der Waals surface area contributed by atoms with Gasteiger partial charge in [0, 0.05) is 62.0 Å². The lowest BCUT2D eigenvalue weighted by molar-refractivity contribution is -0.179. The molecule has 3 fully saturated rings. The molecular formula is C36H37F3N8O4. The minimum atomic E-state index is -4.71. The highest BCUT2D eigenvalue weighted by atomic mass is 19.4. The maximum atomic E-state index is 13.0. The van der Waals surface area contributed by atoms with Gasteiger partial charge in [-0.2, -0.15) is 18.3 Å². The van der Waals surface area contributed by atoms with Gasteiger partial charge in [0.05, 0.1) is 24.1 Å². The van der Waals surface area contributed by atoms with Crippen LogP contribution in [-0.2, 0) is 26.9 Å². The second kappa shape index (κ2) is 15.2. The zero-order chi connectivity index (χ0) is 36.1. The number of nitrogens with one attached hydrogen (secondary N) is 2. The van der Waals surface area contributed by atoms with Gasteiger partial charge in [0.15, 0.2) is 0 Å². The number of halogens is 3. The molecule has 2 bridgehead atoms. The summed E-state index contributed by atoms with van der Waals surface area (Å²) in [7, 11) is 0. The molecule has 0 aliphatic carbocycles. The second-order valence-corrected chi connectivity index (χ2v) is 12.3. The van der Waals surface area contributed by atoms with Crippen LogP contribution in [0.3, 0.4) is 0 Å². The highest BCUT2D eigenvalue weighted by Gasteiger charge is 2.39. The van der Waals surface area contributed by atoms with Crippen LogP contribution in [-0.4, -0.2) is 86.8 Å². The normalized spacial score (nSPS) is 20.0.